The van der Waals surface area contributed by atoms with Gasteiger partial charge in [0, 0.05) is 40.0 Å². The maximum atomic E-state index is 13.5. The molecule has 0 bridgehead atoms. The fourth-order valence-corrected chi connectivity index (χ4v) is 6.10. The summed E-state index contributed by atoms with van der Waals surface area (Å²) in [7, 11) is -3.10. The summed E-state index contributed by atoms with van der Waals surface area (Å²) in [4.78, 5) is 12.9. The van der Waals surface area contributed by atoms with Crippen molar-refractivity contribution in [1.29, 1.82) is 0 Å². The summed E-state index contributed by atoms with van der Waals surface area (Å²) in [5.74, 6) is 0.0568. The zero-order chi connectivity index (χ0) is 23.3. The molecular formula is C24H22FN3O4S. The van der Waals surface area contributed by atoms with Crippen LogP contribution < -0.4 is 5.32 Å². The lowest BCUT2D eigenvalue weighted by Gasteiger charge is -2.12. The molecule has 1 aliphatic heterocycles. The van der Waals surface area contributed by atoms with Gasteiger partial charge in [-0.3, -0.25) is 4.79 Å². The van der Waals surface area contributed by atoms with E-state index in [4.69, 9.17) is 4.52 Å². The van der Waals surface area contributed by atoms with Gasteiger partial charge >= 0.3 is 0 Å². The minimum atomic E-state index is -3.10. The Kier molecular flexibility index (Phi) is 5.08. The molecule has 0 saturated carbocycles. The van der Waals surface area contributed by atoms with Gasteiger partial charge in [-0.2, -0.15) is 0 Å². The minimum Gasteiger partial charge on any atom is -0.361 e. The average Bonchev–Trinajstić information content (AvgIpc) is 3.42. The molecule has 1 saturated heterocycles. The molecule has 0 aliphatic carbocycles. The first kappa shape index (κ1) is 21.4. The number of nitrogens with one attached hydrogen (secondary N) is 1. The number of aromatic nitrogens is 2. The van der Waals surface area contributed by atoms with Crippen LogP contribution in [0.4, 0.5) is 4.39 Å². The number of amides is 1. The number of hydrogen-bond donors (Lipinski definition) is 1. The van der Waals surface area contributed by atoms with E-state index in [-0.39, 0.29) is 29.3 Å². The predicted octanol–water partition coefficient (Wildman–Crippen LogP) is 3.96. The number of sulfone groups is 1. The maximum absolute atomic E-state index is 13.5. The monoisotopic (exact) mass is 467 g/mol. The molecule has 0 radical (unpaired) electrons. The van der Waals surface area contributed by atoms with Crippen LogP contribution in [0, 0.1) is 19.7 Å². The zero-order valence-electron chi connectivity index (χ0n) is 18.1. The lowest BCUT2D eigenvalue weighted by molar-refractivity contribution is 0.0941. The lowest BCUT2D eigenvalue weighted by atomic mass is 10.0. The molecule has 9 heteroatoms. The average molecular weight is 468 g/mol. The second-order valence-corrected chi connectivity index (χ2v) is 10.6. The molecule has 4 aromatic rings. The molecular weight excluding hydrogens is 445 g/mol. The molecule has 2 aromatic heterocycles. The lowest BCUT2D eigenvalue weighted by Crippen LogP contribution is -2.35. The topological polar surface area (TPSA) is 94.2 Å². The van der Waals surface area contributed by atoms with Crippen LogP contribution in [0.25, 0.3) is 27.7 Å². The highest BCUT2D eigenvalue weighted by Gasteiger charge is 2.29. The van der Waals surface area contributed by atoms with Crippen molar-refractivity contribution in [1.82, 2.24) is 15.0 Å². The summed E-state index contributed by atoms with van der Waals surface area (Å²) >= 11 is 0. The number of nitrogens with zero attached hydrogens (tertiary/aromatic N) is 2. The Labute approximate surface area is 190 Å². The van der Waals surface area contributed by atoms with Crippen LogP contribution in [0.1, 0.15) is 28.2 Å². The van der Waals surface area contributed by atoms with Crippen LogP contribution in [0.2, 0.25) is 0 Å². The Morgan fingerprint density at radius 3 is 2.58 bits per heavy atom. The highest BCUT2D eigenvalue weighted by atomic mass is 32.2. The quantitative estimate of drug-likeness (QED) is 0.490. The van der Waals surface area contributed by atoms with E-state index in [1.807, 2.05) is 30.7 Å². The number of fused-ring (bicyclic) bond motifs is 1. The number of aryl methyl sites for hydroxylation is 2. The van der Waals surface area contributed by atoms with E-state index >= 15 is 0 Å². The van der Waals surface area contributed by atoms with E-state index in [9.17, 15) is 17.6 Å². The van der Waals surface area contributed by atoms with Crippen molar-refractivity contribution in [3.63, 3.8) is 0 Å². The fourth-order valence-electron chi connectivity index (χ4n) is 4.43. The van der Waals surface area contributed by atoms with Crippen LogP contribution in [-0.4, -0.2) is 41.6 Å². The molecule has 3 heterocycles. The minimum absolute atomic E-state index is 0.0386. The molecule has 1 fully saturated rings. The highest BCUT2D eigenvalue weighted by Crippen LogP contribution is 2.36. The third-order valence-electron chi connectivity index (χ3n) is 6.04. The third kappa shape index (κ3) is 3.93. The summed E-state index contributed by atoms with van der Waals surface area (Å²) in [6.45, 7) is 3.71. The smallest absolute Gasteiger partial charge is 0.251 e. The molecule has 33 heavy (non-hydrogen) atoms. The third-order valence-corrected chi connectivity index (χ3v) is 7.81. The molecule has 1 N–H and O–H groups in total. The van der Waals surface area contributed by atoms with E-state index in [1.165, 1.54) is 12.1 Å². The van der Waals surface area contributed by atoms with Crippen molar-refractivity contribution in [3.8, 4) is 16.8 Å². The van der Waals surface area contributed by atoms with Gasteiger partial charge in [-0.25, -0.2) is 12.8 Å². The molecule has 0 spiro atoms. The zero-order valence-corrected chi connectivity index (χ0v) is 18.9. The Morgan fingerprint density at radius 2 is 1.94 bits per heavy atom. The molecule has 5 rings (SSSR count). The summed E-state index contributed by atoms with van der Waals surface area (Å²) in [6, 6.07) is 11.1. The van der Waals surface area contributed by atoms with Crippen LogP contribution in [0.5, 0.6) is 0 Å². The van der Waals surface area contributed by atoms with Crippen molar-refractivity contribution in [2.24, 2.45) is 0 Å². The van der Waals surface area contributed by atoms with Gasteiger partial charge in [-0.15, -0.1) is 0 Å². The summed E-state index contributed by atoms with van der Waals surface area (Å²) < 4.78 is 44.3. The van der Waals surface area contributed by atoms with Gasteiger partial charge in [0.2, 0.25) is 0 Å². The van der Waals surface area contributed by atoms with Crippen molar-refractivity contribution >= 4 is 26.6 Å². The van der Waals surface area contributed by atoms with Crippen molar-refractivity contribution in [2.45, 2.75) is 26.3 Å². The predicted molar refractivity (Wildman–Crippen MR) is 123 cm³/mol. The SMILES string of the molecule is Cc1noc(C)c1-c1cn(-c2ccc(F)cc2)c2cc(C(=O)NC3CCS(=O)(=O)C3)ccc12. The number of hydrogen-bond acceptors (Lipinski definition) is 5. The highest BCUT2D eigenvalue weighted by molar-refractivity contribution is 7.91. The number of halogens is 1. The van der Waals surface area contributed by atoms with E-state index in [0.29, 0.717) is 17.7 Å². The van der Waals surface area contributed by atoms with Gasteiger partial charge < -0.3 is 14.4 Å². The van der Waals surface area contributed by atoms with Gasteiger partial charge in [-0.05, 0) is 56.7 Å². The molecule has 1 aliphatic rings. The molecule has 1 amide bonds. The van der Waals surface area contributed by atoms with Gasteiger partial charge in [0.25, 0.3) is 5.91 Å². The first-order valence-electron chi connectivity index (χ1n) is 10.6. The van der Waals surface area contributed by atoms with Crippen molar-refractivity contribution in [2.75, 3.05) is 11.5 Å². The maximum Gasteiger partial charge on any atom is 0.251 e. The van der Waals surface area contributed by atoms with Crippen LogP contribution in [0.15, 0.2) is 53.2 Å². The van der Waals surface area contributed by atoms with Crippen molar-refractivity contribution in [3.05, 3.63) is 71.5 Å². The Bertz CT molecular complexity index is 1470. The normalized spacial score (nSPS) is 17.5. The van der Waals surface area contributed by atoms with Crippen molar-refractivity contribution < 1.29 is 22.1 Å². The first-order valence-corrected chi connectivity index (χ1v) is 12.4. The van der Waals surface area contributed by atoms with Crippen LogP contribution in [-0.2, 0) is 9.84 Å². The number of carbonyl (C=O) groups is 1. The summed E-state index contributed by atoms with van der Waals surface area (Å²) in [6.07, 6.45) is 2.34. The Balaban J connectivity index is 1.61. The number of benzene rings is 2. The second-order valence-electron chi connectivity index (χ2n) is 8.39. The van der Waals surface area contributed by atoms with E-state index in [0.717, 1.165) is 33.4 Å². The first-order chi connectivity index (χ1) is 15.7. The summed E-state index contributed by atoms with van der Waals surface area (Å²) in [5.41, 5.74) is 4.41. The molecule has 2 aromatic carbocycles. The second kappa shape index (κ2) is 7.84. The molecule has 1 atom stereocenters. The van der Waals surface area contributed by atoms with E-state index in [1.54, 1.807) is 24.3 Å². The van der Waals surface area contributed by atoms with Gasteiger partial charge in [-0.1, -0.05) is 11.2 Å². The number of rotatable bonds is 4. The van der Waals surface area contributed by atoms with Gasteiger partial charge in [0.1, 0.15) is 11.6 Å². The number of carbonyl (C=O) groups excluding carboxylic acids is 1. The molecule has 1 unspecified atom stereocenters. The molecule has 170 valence electrons. The van der Waals surface area contributed by atoms with Crippen LogP contribution >= 0.6 is 0 Å². The van der Waals surface area contributed by atoms with Gasteiger partial charge in [0.05, 0.1) is 22.7 Å². The summed E-state index contributed by atoms with van der Waals surface area (Å²) in [5, 5.41) is 7.78. The Hall–Kier alpha value is -3.46. The van der Waals surface area contributed by atoms with E-state index in [2.05, 4.69) is 10.5 Å². The Morgan fingerprint density at radius 1 is 1.18 bits per heavy atom. The molecule has 7 nitrogen and oxygen atoms in total. The standard InChI is InChI=1S/C24H22FN3O4S/c1-14-23(15(2)32-27-14)21-12-28(19-6-4-17(25)5-7-19)22-11-16(3-8-20(21)22)24(29)26-18-9-10-33(30,31)13-18/h3-8,11-12,18H,9-10,13H2,1-2H3,(H,26,29). The van der Waals surface area contributed by atoms with Crippen LogP contribution in [0.3, 0.4) is 0 Å². The fraction of sp³-hybridized carbons (Fsp3) is 0.250. The van der Waals surface area contributed by atoms with E-state index < -0.39 is 9.84 Å². The van der Waals surface area contributed by atoms with Gasteiger partial charge in [0.15, 0.2) is 9.84 Å². The largest absolute Gasteiger partial charge is 0.361 e.